The van der Waals surface area contributed by atoms with Crippen molar-refractivity contribution in [2.75, 3.05) is 18.4 Å². The number of piperidine rings is 1. The summed E-state index contributed by atoms with van der Waals surface area (Å²) in [5, 5.41) is 14.9. The lowest BCUT2D eigenvalue weighted by Crippen LogP contribution is -2.47. The van der Waals surface area contributed by atoms with Crippen molar-refractivity contribution in [2.24, 2.45) is 5.92 Å². The first-order valence-corrected chi connectivity index (χ1v) is 8.27. The zero-order valence-corrected chi connectivity index (χ0v) is 13.5. The number of anilines is 1. The molecule has 0 radical (unpaired) electrons. The molecule has 124 valence electrons. The fraction of sp³-hybridized carbons (Fsp3) is 0.316. The highest BCUT2D eigenvalue weighted by atomic mass is 16.3. The summed E-state index contributed by atoms with van der Waals surface area (Å²) >= 11 is 0. The fourth-order valence-corrected chi connectivity index (χ4v) is 3.24. The van der Waals surface area contributed by atoms with Gasteiger partial charge in [0.2, 0.25) is 0 Å². The van der Waals surface area contributed by atoms with Gasteiger partial charge in [0.1, 0.15) is 11.2 Å². The molecule has 1 fully saturated rings. The summed E-state index contributed by atoms with van der Waals surface area (Å²) in [6.07, 6.45) is 0.361. The summed E-state index contributed by atoms with van der Waals surface area (Å²) in [6.45, 7) is 3.05. The highest BCUT2D eigenvalue weighted by Crippen LogP contribution is 2.30. The molecule has 0 saturated carbocycles. The van der Waals surface area contributed by atoms with E-state index in [1.54, 1.807) is 4.90 Å². The molecular weight excluding hydrogens is 304 g/mol. The molecule has 0 spiro atoms. The Labute approximate surface area is 139 Å². The van der Waals surface area contributed by atoms with Gasteiger partial charge in [0.15, 0.2) is 0 Å². The maximum Gasteiger partial charge on any atom is 0.321 e. The van der Waals surface area contributed by atoms with Gasteiger partial charge in [-0.2, -0.15) is 0 Å². The van der Waals surface area contributed by atoms with E-state index in [-0.39, 0.29) is 11.9 Å². The molecule has 0 bridgehead atoms. The maximum absolute atomic E-state index is 12.4. The van der Waals surface area contributed by atoms with Gasteiger partial charge in [-0.3, -0.25) is 0 Å². The van der Waals surface area contributed by atoms with Gasteiger partial charge in [-0.15, -0.1) is 0 Å². The molecule has 2 heterocycles. The average Bonchev–Trinajstić information content (AvgIpc) is 2.95. The van der Waals surface area contributed by atoms with Crippen LogP contribution in [0.15, 0.2) is 46.9 Å². The van der Waals surface area contributed by atoms with E-state index in [4.69, 9.17) is 4.42 Å². The van der Waals surface area contributed by atoms with E-state index in [9.17, 15) is 9.90 Å². The SMILES string of the molecule is CC1CCN(C(=O)Nc2ccc3c(c2)oc2ccccc23)CC1O. The molecule has 24 heavy (non-hydrogen) atoms. The van der Waals surface area contributed by atoms with Crippen LogP contribution in [0, 0.1) is 5.92 Å². The first kappa shape index (κ1) is 15.0. The Kier molecular flexibility index (Phi) is 3.65. The van der Waals surface area contributed by atoms with Crippen LogP contribution in [0.25, 0.3) is 21.9 Å². The predicted molar refractivity (Wildman–Crippen MR) is 94.1 cm³/mol. The smallest absolute Gasteiger partial charge is 0.321 e. The number of carbonyl (C=O) groups is 1. The van der Waals surface area contributed by atoms with Gasteiger partial charge in [0, 0.05) is 35.6 Å². The number of rotatable bonds is 1. The Morgan fingerprint density at radius 3 is 2.83 bits per heavy atom. The number of para-hydroxylation sites is 1. The second kappa shape index (κ2) is 5.83. The van der Waals surface area contributed by atoms with Crippen molar-refractivity contribution >= 4 is 33.7 Å². The van der Waals surface area contributed by atoms with Crippen molar-refractivity contribution in [2.45, 2.75) is 19.4 Å². The topological polar surface area (TPSA) is 65.7 Å². The Balaban J connectivity index is 1.56. The molecular formula is C19H20N2O3. The van der Waals surface area contributed by atoms with Crippen LogP contribution in [0.3, 0.4) is 0 Å². The number of likely N-dealkylation sites (tertiary alicyclic amines) is 1. The molecule has 3 aromatic rings. The molecule has 1 saturated heterocycles. The number of hydrogen-bond acceptors (Lipinski definition) is 3. The number of nitrogens with one attached hydrogen (secondary N) is 1. The number of urea groups is 1. The first-order valence-electron chi connectivity index (χ1n) is 8.27. The van der Waals surface area contributed by atoms with Crippen LogP contribution in [0.4, 0.5) is 10.5 Å². The third kappa shape index (κ3) is 2.61. The molecule has 0 aliphatic carbocycles. The first-order chi connectivity index (χ1) is 11.6. The van der Waals surface area contributed by atoms with Crippen LogP contribution >= 0.6 is 0 Å². The zero-order valence-electron chi connectivity index (χ0n) is 13.5. The zero-order chi connectivity index (χ0) is 16.7. The summed E-state index contributed by atoms with van der Waals surface area (Å²) in [7, 11) is 0. The van der Waals surface area contributed by atoms with Crippen molar-refractivity contribution in [1.82, 2.24) is 4.90 Å². The third-order valence-corrected chi connectivity index (χ3v) is 4.84. The number of aliphatic hydroxyl groups is 1. The standard InChI is InChI=1S/C19H20N2O3/c1-12-8-9-21(11-16(12)22)19(23)20-13-6-7-15-14-4-2-3-5-17(14)24-18(15)10-13/h2-7,10,12,16,22H,8-9,11H2,1H3,(H,20,23). The monoisotopic (exact) mass is 324 g/mol. The molecule has 5 nitrogen and oxygen atoms in total. The Hall–Kier alpha value is -2.53. The minimum atomic E-state index is -0.456. The second-order valence-electron chi connectivity index (χ2n) is 6.52. The number of furan rings is 1. The molecule has 2 amide bonds. The highest BCUT2D eigenvalue weighted by molar-refractivity contribution is 6.06. The summed E-state index contributed by atoms with van der Waals surface area (Å²) in [4.78, 5) is 14.1. The minimum Gasteiger partial charge on any atom is -0.456 e. The average molecular weight is 324 g/mol. The predicted octanol–water partition coefficient (Wildman–Crippen LogP) is 3.82. The molecule has 5 heteroatoms. The lowest BCUT2D eigenvalue weighted by molar-refractivity contribution is 0.0464. The van der Waals surface area contributed by atoms with E-state index in [2.05, 4.69) is 5.32 Å². The lowest BCUT2D eigenvalue weighted by Gasteiger charge is -2.34. The van der Waals surface area contributed by atoms with E-state index in [1.807, 2.05) is 49.4 Å². The number of benzene rings is 2. The Bertz CT molecular complexity index is 902. The van der Waals surface area contributed by atoms with Crippen LogP contribution in [0.2, 0.25) is 0 Å². The van der Waals surface area contributed by atoms with E-state index in [0.29, 0.717) is 18.8 Å². The normalized spacial score (nSPS) is 21.3. The minimum absolute atomic E-state index is 0.184. The summed E-state index contributed by atoms with van der Waals surface area (Å²) in [5.41, 5.74) is 2.28. The summed E-state index contributed by atoms with van der Waals surface area (Å²) in [5.74, 6) is 0.237. The molecule has 2 N–H and O–H groups in total. The maximum atomic E-state index is 12.4. The summed E-state index contributed by atoms with van der Waals surface area (Å²) in [6, 6.07) is 13.4. The van der Waals surface area contributed by atoms with Crippen LogP contribution in [-0.4, -0.2) is 35.2 Å². The largest absolute Gasteiger partial charge is 0.456 e. The van der Waals surface area contributed by atoms with Crippen molar-refractivity contribution in [1.29, 1.82) is 0 Å². The molecule has 2 unspecified atom stereocenters. The number of fused-ring (bicyclic) bond motifs is 3. The third-order valence-electron chi connectivity index (χ3n) is 4.84. The number of hydrogen-bond donors (Lipinski definition) is 2. The van der Waals surface area contributed by atoms with Gasteiger partial charge in [-0.1, -0.05) is 25.1 Å². The van der Waals surface area contributed by atoms with Crippen LogP contribution in [0.1, 0.15) is 13.3 Å². The Morgan fingerprint density at radius 1 is 1.21 bits per heavy atom. The number of nitrogens with zero attached hydrogens (tertiary/aromatic N) is 1. The molecule has 1 aliphatic rings. The molecule has 2 aromatic carbocycles. The van der Waals surface area contributed by atoms with Gasteiger partial charge in [0.25, 0.3) is 0 Å². The molecule has 1 aliphatic heterocycles. The van der Waals surface area contributed by atoms with Crippen molar-refractivity contribution in [3.05, 3.63) is 42.5 Å². The van der Waals surface area contributed by atoms with Gasteiger partial charge < -0.3 is 19.7 Å². The quantitative estimate of drug-likeness (QED) is 0.715. The van der Waals surface area contributed by atoms with Crippen molar-refractivity contribution < 1.29 is 14.3 Å². The highest BCUT2D eigenvalue weighted by Gasteiger charge is 2.27. The van der Waals surface area contributed by atoms with Crippen LogP contribution < -0.4 is 5.32 Å². The lowest BCUT2D eigenvalue weighted by atomic mass is 9.96. The molecule has 4 rings (SSSR count). The van der Waals surface area contributed by atoms with Crippen molar-refractivity contribution in [3.63, 3.8) is 0 Å². The number of β-amino-alcohol motifs (C(OH)–C–C–N with tert-alkyl or cyclic N) is 1. The number of carbonyl (C=O) groups excluding carboxylic acids is 1. The van der Waals surface area contributed by atoms with Crippen molar-refractivity contribution in [3.8, 4) is 0 Å². The van der Waals surface area contributed by atoms with Gasteiger partial charge in [-0.25, -0.2) is 4.79 Å². The van der Waals surface area contributed by atoms with Gasteiger partial charge >= 0.3 is 6.03 Å². The fourth-order valence-electron chi connectivity index (χ4n) is 3.24. The number of amides is 2. The van der Waals surface area contributed by atoms with Gasteiger partial charge in [0.05, 0.1) is 6.10 Å². The van der Waals surface area contributed by atoms with Gasteiger partial charge in [-0.05, 0) is 30.5 Å². The molecule has 1 aromatic heterocycles. The Morgan fingerprint density at radius 2 is 2.00 bits per heavy atom. The van der Waals surface area contributed by atoms with Crippen LogP contribution in [0.5, 0.6) is 0 Å². The molecule has 2 atom stereocenters. The van der Waals surface area contributed by atoms with E-state index in [0.717, 1.165) is 28.4 Å². The summed E-state index contributed by atoms with van der Waals surface area (Å²) < 4.78 is 5.85. The van der Waals surface area contributed by atoms with Crippen LogP contribution in [-0.2, 0) is 0 Å². The van der Waals surface area contributed by atoms with E-state index in [1.165, 1.54) is 0 Å². The second-order valence-corrected chi connectivity index (χ2v) is 6.52. The number of aliphatic hydroxyl groups excluding tert-OH is 1. The van der Waals surface area contributed by atoms with E-state index < -0.39 is 6.10 Å². The van der Waals surface area contributed by atoms with E-state index >= 15 is 0 Å².